The van der Waals surface area contributed by atoms with E-state index in [0.717, 1.165) is 17.0 Å². The molecule has 0 spiro atoms. The molecule has 23 heavy (non-hydrogen) atoms. The normalized spacial score (nSPS) is 10.1. The third-order valence-corrected chi connectivity index (χ3v) is 3.38. The van der Waals surface area contributed by atoms with Crippen LogP contribution in [0.5, 0.6) is 0 Å². The SMILES string of the molecule is Cc1cc(-c2cccc(NC(=O)c3cccc(C#N)c3)c2)n[nH]1. The summed E-state index contributed by atoms with van der Waals surface area (Å²) in [7, 11) is 0. The minimum atomic E-state index is -0.252. The van der Waals surface area contributed by atoms with Crippen molar-refractivity contribution < 1.29 is 4.79 Å². The molecule has 2 N–H and O–H groups in total. The highest BCUT2D eigenvalue weighted by Crippen LogP contribution is 2.21. The minimum absolute atomic E-state index is 0.252. The Morgan fingerprint density at radius 2 is 2.00 bits per heavy atom. The van der Waals surface area contributed by atoms with Crippen molar-refractivity contribution in [1.82, 2.24) is 10.2 Å². The van der Waals surface area contributed by atoms with Crippen LogP contribution in [0.4, 0.5) is 5.69 Å². The van der Waals surface area contributed by atoms with Gasteiger partial charge >= 0.3 is 0 Å². The van der Waals surface area contributed by atoms with Gasteiger partial charge in [0.05, 0.1) is 17.3 Å². The van der Waals surface area contributed by atoms with E-state index in [1.54, 1.807) is 24.3 Å². The molecule has 5 heteroatoms. The van der Waals surface area contributed by atoms with E-state index in [1.165, 1.54) is 0 Å². The van der Waals surface area contributed by atoms with Gasteiger partial charge in [0, 0.05) is 22.5 Å². The molecular weight excluding hydrogens is 288 g/mol. The van der Waals surface area contributed by atoms with Crippen LogP contribution in [0.2, 0.25) is 0 Å². The zero-order valence-electron chi connectivity index (χ0n) is 12.5. The Hall–Kier alpha value is -3.39. The lowest BCUT2D eigenvalue weighted by atomic mass is 10.1. The van der Waals surface area contributed by atoms with Crippen LogP contribution in [0.1, 0.15) is 21.6 Å². The molecule has 0 atom stereocenters. The number of H-pyrrole nitrogens is 1. The Kier molecular flexibility index (Phi) is 3.89. The molecule has 0 bridgehead atoms. The van der Waals surface area contributed by atoms with Crippen molar-refractivity contribution in [1.29, 1.82) is 5.26 Å². The third-order valence-electron chi connectivity index (χ3n) is 3.38. The predicted octanol–water partition coefficient (Wildman–Crippen LogP) is 3.51. The Morgan fingerprint density at radius 1 is 1.17 bits per heavy atom. The van der Waals surface area contributed by atoms with E-state index in [9.17, 15) is 4.79 Å². The van der Waals surface area contributed by atoms with E-state index in [0.29, 0.717) is 16.8 Å². The lowest BCUT2D eigenvalue weighted by Gasteiger charge is -2.07. The average molecular weight is 302 g/mol. The fraction of sp³-hybridized carbons (Fsp3) is 0.0556. The number of hydrogen-bond donors (Lipinski definition) is 2. The van der Waals surface area contributed by atoms with Gasteiger partial charge in [0.15, 0.2) is 0 Å². The van der Waals surface area contributed by atoms with Crippen molar-refractivity contribution in [2.24, 2.45) is 0 Å². The van der Waals surface area contributed by atoms with Gasteiger partial charge in [-0.1, -0.05) is 18.2 Å². The Labute approximate surface area is 133 Å². The number of carbonyl (C=O) groups is 1. The third kappa shape index (κ3) is 3.27. The number of nitrogens with zero attached hydrogens (tertiary/aromatic N) is 2. The first-order chi connectivity index (χ1) is 11.2. The standard InChI is InChI=1S/C18H14N4O/c1-12-8-17(22-21-12)14-5-3-7-16(10-14)20-18(23)15-6-2-4-13(9-15)11-19/h2-10H,1H3,(H,20,23)(H,21,22). The second-order valence-electron chi connectivity index (χ2n) is 5.16. The van der Waals surface area contributed by atoms with E-state index >= 15 is 0 Å². The van der Waals surface area contributed by atoms with Gasteiger partial charge in [-0.05, 0) is 43.3 Å². The largest absolute Gasteiger partial charge is 0.322 e. The van der Waals surface area contributed by atoms with Crippen molar-refractivity contribution in [2.75, 3.05) is 5.32 Å². The number of carbonyl (C=O) groups excluding carboxylic acids is 1. The summed E-state index contributed by atoms with van der Waals surface area (Å²) in [5.74, 6) is -0.252. The van der Waals surface area contributed by atoms with Crippen LogP contribution >= 0.6 is 0 Å². The van der Waals surface area contributed by atoms with E-state index < -0.39 is 0 Å². The monoisotopic (exact) mass is 302 g/mol. The summed E-state index contributed by atoms with van der Waals surface area (Å²) in [6.45, 7) is 1.93. The number of benzene rings is 2. The average Bonchev–Trinajstić information content (AvgIpc) is 3.02. The number of amides is 1. The number of hydrogen-bond acceptors (Lipinski definition) is 3. The fourth-order valence-corrected chi connectivity index (χ4v) is 2.26. The van der Waals surface area contributed by atoms with E-state index in [1.807, 2.05) is 43.3 Å². The molecule has 1 aromatic heterocycles. The second kappa shape index (κ2) is 6.16. The van der Waals surface area contributed by atoms with Crippen molar-refractivity contribution in [2.45, 2.75) is 6.92 Å². The number of aryl methyl sites for hydroxylation is 1. The Bertz CT molecular complexity index is 905. The van der Waals surface area contributed by atoms with E-state index in [-0.39, 0.29) is 5.91 Å². The van der Waals surface area contributed by atoms with Gasteiger partial charge in [-0.25, -0.2) is 0 Å². The van der Waals surface area contributed by atoms with Gasteiger partial charge < -0.3 is 5.32 Å². The minimum Gasteiger partial charge on any atom is -0.322 e. The smallest absolute Gasteiger partial charge is 0.255 e. The number of aromatic amines is 1. The summed E-state index contributed by atoms with van der Waals surface area (Å²) in [5.41, 5.74) is 4.30. The summed E-state index contributed by atoms with van der Waals surface area (Å²) >= 11 is 0. The van der Waals surface area contributed by atoms with Gasteiger partial charge in [0.1, 0.15) is 0 Å². The quantitative estimate of drug-likeness (QED) is 0.776. The van der Waals surface area contributed by atoms with Crippen LogP contribution in [-0.2, 0) is 0 Å². The highest BCUT2D eigenvalue weighted by molar-refractivity contribution is 6.04. The molecule has 0 saturated heterocycles. The van der Waals surface area contributed by atoms with Crippen LogP contribution < -0.4 is 5.32 Å². The molecule has 0 saturated carbocycles. The maximum absolute atomic E-state index is 12.3. The first-order valence-corrected chi connectivity index (χ1v) is 7.10. The van der Waals surface area contributed by atoms with E-state index in [4.69, 9.17) is 5.26 Å². The molecule has 2 aromatic carbocycles. The van der Waals surface area contributed by atoms with Crippen LogP contribution in [0.3, 0.4) is 0 Å². The number of rotatable bonds is 3. The fourth-order valence-electron chi connectivity index (χ4n) is 2.26. The highest BCUT2D eigenvalue weighted by Gasteiger charge is 2.08. The summed E-state index contributed by atoms with van der Waals surface area (Å²) < 4.78 is 0. The number of aromatic nitrogens is 2. The van der Waals surface area contributed by atoms with Crippen LogP contribution in [0.25, 0.3) is 11.3 Å². The van der Waals surface area contributed by atoms with Crippen LogP contribution in [0, 0.1) is 18.3 Å². The summed E-state index contributed by atoms with van der Waals surface area (Å²) in [6.07, 6.45) is 0. The number of anilines is 1. The van der Waals surface area contributed by atoms with Crippen molar-refractivity contribution in [3.63, 3.8) is 0 Å². The zero-order chi connectivity index (χ0) is 16.2. The molecule has 112 valence electrons. The van der Waals surface area contributed by atoms with Gasteiger partial charge in [-0.15, -0.1) is 0 Å². The topological polar surface area (TPSA) is 81.6 Å². The zero-order valence-corrected chi connectivity index (χ0v) is 12.5. The lowest BCUT2D eigenvalue weighted by Crippen LogP contribution is -2.11. The van der Waals surface area contributed by atoms with E-state index in [2.05, 4.69) is 15.5 Å². The molecule has 0 unspecified atom stereocenters. The molecular formula is C18H14N4O. The van der Waals surface area contributed by atoms with Gasteiger partial charge in [-0.2, -0.15) is 10.4 Å². The Balaban J connectivity index is 1.83. The Morgan fingerprint density at radius 3 is 2.74 bits per heavy atom. The molecule has 0 aliphatic rings. The first kappa shape index (κ1) is 14.5. The molecule has 3 aromatic rings. The molecule has 0 aliphatic carbocycles. The van der Waals surface area contributed by atoms with Gasteiger partial charge in [0.2, 0.25) is 0 Å². The molecule has 1 heterocycles. The maximum atomic E-state index is 12.3. The number of nitriles is 1. The maximum Gasteiger partial charge on any atom is 0.255 e. The summed E-state index contributed by atoms with van der Waals surface area (Å²) in [6, 6.07) is 18.0. The molecule has 0 fully saturated rings. The van der Waals surface area contributed by atoms with Crippen molar-refractivity contribution in [3.8, 4) is 17.3 Å². The second-order valence-corrected chi connectivity index (χ2v) is 5.16. The lowest BCUT2D eigenvalue weighted by molar-refractivity contribution is 0.102. The van der Waals surface area contributed by atoms with Crippen LogP contribution in [0.15, 0.2) is 54.6 Å². The predicted molar refractivity (Wildman–Crippen MR) is 87.9 cm³/mol. The van der Waals surface area contributed by atoms with Gasteiger partial charge in [-0.3, -0.25) is 9.89 Å². The summed E-state index contributed by atoms with van der Waals surface area (Å²) in [4.78, 5) is 12.3. The summed E-state index contributed by atoms with van der Waals surface area (Å²) in [5, 5.41) is 18.9. The first-order valence-electron chi connectivity index (χ1n) is 7.10. The highest BCUT2D eigenvalue weighted by atomic mass is 16.1. The molecule has 0 aliphatic heterocycles. The number of nitrogens with one attached hydrogen (secondary N) is 2. The molecule has 0 radical (unpaired) electrons. The van der Waals surface area contributed by atoms with Crippen LogP contribution in [-0.4, -0.2) is 16.1 Å². The molecule has 5 nitrogen and oxygen atoms in total. The molecule has 1 amide bonds. The van der Waals surface area contributed by atoms with Crippen molar-refractivity contribution >= 4 is 11.6 Å². The van der Waals surface area contributed by atoms with Crippen molar-refractivity contribution in [3.05, 3.63) is 71.4 Å². The molecule has 3 rings (SSSR count). The van der Waals surface area contributed by atoms with Gasteiger partial charge in [0.25, 0.3) is 5.91 Å².